The Morgan fingerprint density at radius 3 is 2.93 bits per heavy atom. The summed E-state index contributed by atoms with van der Waals surface area (Å²) in [6.07, 6.45) is 1.05. The van der Waals surface area contributed by atoms with Crippen molar-refractivity contribution >= 4 is 6.09 Å². The van der Waals surface area contributed by atoms with Crippen LogP contribution in [0.4, 0.5) is 4.79 Å². The molecule has 0 aliphatic carbocycles. The van der Waals surface area contributed by atoms with Crippen LogP contribution >= 0.6 is 0 Å². The molecular weight excluding hydrogens is 196 g/mol. The van der Waals surface area contributed by atoms with Gasteiger partial charge in [0, 0.05) is 6.54 Å². The van der Waals surface area contributed by atoms with Gasteiger partial charge in [0.2, 0.25) is 0 Å². The van der Waals surface area contributed by atoms with E-state index in [0.717, 1.165) is 5.76 Å². The molecule has 82 valence electrons. The van der Waals surface area contributed by atoms with Gasteiger partial charge in [-0.1, -0.05) is 0 Å². The Hall–Kier alpha value is -1.49. The topological polar surface area (TPSA) is 68.7 Å². The number of nitrogens with two attached hydrogens (primary N) is 1. The normalized spacial score (nSPS) is 25.7. The Morgan fingerprint density at radius 1 is 1.60 bits per heavy atom. The first kappa shape index (κ1) is 10.0. The van der Waals surface area contributed by atoms with Gasteiger partial charge in [0.05, 0.1) is 18.8 Å². The highest BCUT2D eigenvalue weighted by molar-refractivity contribution is 5.70. The molecule has 0 spiro atoms. The van der Waals surface area contributed by atoms with Crippen LogP contribution in [-0.4, -0.2) is 29.7 Å². The maximum Gasteiger partial charge on any atom is 0.410 e. The van der Waals surface area contributed by atoms with Crippen LogP contribution < -0.4 is 5.73 Å². The molecule has 1 amide bonds. The number of carbonyl (C=O) groups is 1. The molecule has 0 radical (unpaired) electrons. The summed E-state index contributed by atoms with van der Waals surface area (Å²) in [5.74, 6) is 0.747. The van der Waals surface area contributed by atoms with Gasteiger partial charge in [0.15, 0.2) is 0 Å². The predicted octanol–water partition coefficient (Wildman–Crippen LogP) is 0.948. The van der Waals surface area contributed by atoms with Gasteiger partial charge < -0.3 is 14.9 Å². The van der Waals surface area contributed by atoms with E-state index in [2.05, 4.69) is 0 Å². The standard InChI is InChI=1S/C10H14N2O3/c1-7-9(5-11)15-10(13)12(7)6-8-3-2-4-14-8/h2-4,7,9H,5-6,11H2,1H3. The zero-order valence-corrected chi connectivity index (χ0v) is 8.55. The van der Waals surface area contributed by atoms with E-state index in [4.69, 9.17) is 14.9 Å². The molecule has 5 nitrogen and oxygen atoms in total. The van der Waals surface area contributed by atoms with Gasteiger partial charge in [-0.3, -0.25) is 4.90 Å². The van der Waals surface area contributed by atoms with Crippen molar-refractivity contribution in [1.29, 1.82) is 0 Å². The highest BCUT2D eigenvalue weighted by Gasteiger charge is 2.37. The lowest BCUT2D eigenvalue weighted by molar-refractivity contribution is 0.132. The van der Waals surface area contributed by atoms with Gasteiger partial charge in [-0.2, -0.15) is 0 Å². The van der Waals surface area contributed by atoms with E-state index in [-0.39, 0.29) is 18.2 Å². The second kappa shape index (κ2) is 3.94. The van der Waals surface area contributed by atoms with E-state index in [0.29, 0.717) is 13.1 Å². The fraction of sp³-hybridized carbons (Fsp3) is 0.500. The molecule has 5 heteroatoms. The number of furan rings is 1. The molecule has 2 unspecified atom stereocenters. The largest absolute Gasteiger partial charge is 0.467 e. The van der Waals surface area contributed by atoms with Crippen molar-refractivity contribution in [2.75, 3.05) is 6.54 Å². The van der Waals surface area contributed by atoms with Crippen LogP contribution in [0.25, 0.3) is 0 Å². The molecule has 0 saturated carbocycles. The minimum atomic E-state index is -0.325. The number of rotatable bonds is 3. The summed E-state index contributed by atoms with van der Waals surface area (Å²) in [5.41, 5.74) is 5.49. The van der Waals surface area contributed by atoms with Gasteiger partial charge in [-0.15, -0.1) is 0 Å². The van der Waals surface area contributed by atoms with Crippen molar-refractivity contribution in [1.82, 2.24) is 4.90 Å². The Labute approximate surface area is 87.8 Å². The molecule has 1 aliphatic heterocycles. The van der Waals surface area contributed by atoms with Gasteiger partial charge >= 0.3 is 6.09 Å². The SMILES string of the molecule is CC1C(CN)OC(=O)N1Cc1ccco1. The molecule has 1 fully saturated rings. The van der Waals surface area contributed by atoms with Gasteiger partial charge in [0.25, 0.3) is 0 Å². The fourth-order valence-corrected chi connectivity index (χ4v) is 1.69. The highest BCUT2D eigenvalue weighted by Crippen LogP contribution is 2.21. The quantitative estimate of drug-likeness (QED) is 0.806. The van der Waals surface area contributed by atoms with Crippen LogP contribution in [0.5, 0.6) is 0 Å². The zero-order chi connectivity index (χ0) is 10.8. The highest BCUT2D eigenvalue weighted by atomic mass is 16.6. The first-order valence-electron chi connectivity index (χ1n) is 4.92. The van der Waals surface area contributed by atoms with Crippen molar-refractivity contribution in [2.45, 2.75) is 25.6 Å². The summed E-state index contributed by atoms with van der Waals surface area (Å²) >= 11 is 0. The molecule has 0 bridgehead atoms. The second-order valence-electron chi connectivity index (χ2n) is 3.61. The van der Waals surface area contributed by atoms with Crippen LogP contribution in [0.15, 0.2) is 22.8 Å². The van der Waals surface area contributed by atoms with E-state index in [1.807, 2.05) is 13.0 Å². The molecule has 0 aromatic carbocycles. The lowest BCUT2D eigenvalue weighted by Gasteiger charge is -2.18. The van der Waals surface area contributed by atoms with Crippen molar-refractivity contribution in [3.8, 4) is 0 Å². The minimum absolute atomic E-state index is 0.00685. The number of amides is 1. The zero-order valence-electron chi connectivity index (χ0n) is 8.55. The van der Waals surface area contributed by atoms with Crippen molar-refractivity contribution in [3.05, 3.63) is 24.2 Å². The molecule has 1 aromatic heterocycles. The first-order valence-corrected chi connectivity index (χ1v) is 4.92. The van der Waals surface area contributed by atoms with Gasteiger partial charge in [-0.25, -0.2) is 4.79 Å². The molecule has 1 saturated heterocycles. The molecule has 1 aromatic rings. The number of carbonyl (C=O) groups excluding carboxylic acids is 1. The van der Waals surface area contributed by atoms with Crippen molar-refractivity contribution < 1.29 is 13.9 Å². The van der Waals surface area contributed by atoms with Crippen molar-refractivity contribution in [2.24, 2.45) is 5.73 Å². The maximum atomic E-state index is 11.5. The van der Waals surface area contributed by atoms with E-state index >= 15 is 0 Å². The number of ether oxygens (including phenoxy) is 1. The van der Waals surface area contributed by atoms with Crippen LogP contribution in [0, 0.1) is 0 Å². The van der Waals surface area contributed by atoms with Crippen LogP contribution in [-0.2, 0) is 11.3 Å². The smallest absolute Gasteiger partial charge is 0.410 e. The van der Waals surface area contributed by atoms with E-state index in [1.54, 1.807) is 17.2 Å². The molecular formula is C10H14N2O3. The summed E-state index contributed by atoms with van der Waals surface area (Å²) in [6, 6.07) is 3.62. The second-order valence-corrected chi connectivity index (χ2v) is 3.61. The molecule has 15 heavy (non-hydrogen) atoms. The number of cyclic esters (lactones) is 1. The maximum absolute atomic E-state index is 11.5. The summed E-state index contributed by atoms with van der Waals surface area (Å²) < 4.78 is 10.3. The van der Waals surface area contributed by atoms with E-state index in [1.165, 1.54) is 0 Å². The third-order valence-corrected chi connectivity index (χ3v) is 2.65. The molecule has 2 rings (SSSR count). The molecule has 2 N–H and O–H groups in total. The average molecular weight is 210 g/mol. The summed E-state index contributed by atoms with van der Waals surface area (Å²) in [4.78, 5) is 13.1. The molecule has 2 heterocycles. The van der Waals surface area contributed by atoms with Gasteiger partial charge in [-0.05, 0) is 19.1 Å². The Balaban J connectivity index is 2.06. The minimum Gasteiger partial charge on any atom is -0.467 e. The monoisotopic (exact) mass is 210 g/mol. The molecule has 2 atom stereocenters. The van der Waals surface area contributed by atoms with E-state index in [9.17, 15) is 4.79 Å². The number of nitrogens with zero attached hydrogens (tertiary/aromatic N) is 1. The summed E-state index contributed by atoms with van der Waals surface area (Å²) in [7, 11) is 0. The fourth-order valence-electron chi connectivity index (χ4n) is 1.69. The van der Waals surface area contributed by atoms with Gasteiger partial charge in [0.1, 0.15) is 11.9 Å². The Bertz CT molecular complexity index is 336. The Kier molecular flexibility index (Phi) is 2.64. The van der Waals surface area contributed by atoms with Crippen LogP contribution in [0.3, 0.4) is 0 Å². The third kappa shape index (κ3) is 1.83. The summed E-state index contributed by atoms with van der Waals surface area (Å²) in [6.45, 7) is 2.70. The molecule has 1 aliphatic rings. The number of hydrogen-bond donors (Lipinski definition) is 1. The lowest BCUT2D eigenvalue weighted by Crippen LogP contribution is -2.36. The summed E-state index contributed by atoms with van der Waals surface area (Å²) in [5, 5.41) is 0. The average Bonchev–Trinajstić information content (AvgIpc) is 2.81. The van der Waals surface area contributed by atoms with E-state index < -0.39 is 0 Å². The Morgan fingerprint density at radius 2 is 2.40 bits per heavy atom. The van der Waals surface area contributed by atoms with Crippen LogP contribution in [0.1, 0.15) is 12.7 Å². The van der Waals surface area contributed by atoms with Crippen molar-refractivity contribution in [3.63, 3.8) is 0 Å². The third-order valence-electron chi connectivity index (χ3n) is 2.65. The lowest BCUT2D eigenvalue weighted by atomic mass is 10.2. The first-order chi connectivity index (χ1) is 7.22. The van der Waals surface area contributed by atoms with Crippen LogP contribution in [0.2, 0.25) is 0 Å². The number of hydrogen-bond acceptors (Lipinski definition) is 4. The predicted molar refractivity (Wildman–Crippen MR) is 53.0 cm³/mol.